The summed E-state index contributed by atoms with van der Waals surface area (Å²) in [5.74, 6) is -0.518. The van der Waals surface area contributed by atoms with E-state index in [1.54, 1.807) is 24.3 Å². The minimum Gasteiger partial charge on any atom is -0.464 e. The van der Waals surface area contributed by atoms with E-state index in [-0.39, 0.29) is 30.8 Å². The monoisotopic (exact) mass is 593 g/mol. The zero-order valence-electron chi connectivity index (χ0n) is 22.1. The second-order valence-electron chi connectivity index (χ2n) is 9.69. The highest BCUT2D eigenvalue weighted by Crippen LogP contribution is 2.49. The lowest BCUT2D eigenvalue weighted by atomic mass is 10.1. The molecule has 2 unspecified atom stereocenters. The van der Waals surface area contributed by atoms with Gasteiger partial charge in [0.15, 0.2) is 0 Å². The zero-order valence-corrected chi connectivity index (χ0v) is 23.8. The normalized spacial score (nSPS) is 23.1. The standard InChI is InChI=1S/C25H32N5O8PS/c1-14(2)11-36-23(33)15(3)29-39(35,38-18-10-6-8-16-7-4-5-9-17(16)18)37-12-19-20(31)21(32)22(40-19)30-13-27-24(26)28-25(30)34/h4-10,13-15,19-22,31-32H,11-12H2,1-3H3,(H,29,35)(H2,26,28,34)/t15-,19+,20-,21?,22+,39?/m0/s1. The van der Waals surface area contributed by atoms with Crippen LogP contribution in [0.4, 0.5) is 5.95 Å². The molecule has 0 saturated carbocycles. The molecule has 1 aromatic heterocycles. The van der Waals surface area contributed by atoms with Crippen LogP contribution >= 0.6 is 19.5 Å². The third-order valence-electron chi connectivity index (χ3n) is 6.00. The topological polar surface area (TPSA) is 188 Å². The summed E-state index contributed by atoms with van der Waals surface area (Å²) < 4.78 is 32.0. The second kappa shape index (κ2) is 12.7. The molecule has 1 saturated heterocycles. The summed E-state index contributed by atoms with van der Waals surface area (Å²) in [4.78, 5) is 32.2. The van der Waals surface area contributed by atoms with E-state index in [2.05, 4.69) is 15.1 Å². The SMILES string of the molecule is CC(C)COC(=O)[C@H](C)NP(=O)(OC[C@H]1S[C@@H](n2cnc(N)nc2=O)C(O)[C@H]1O)Oc1cccc2ccccc12. The molecule has 4 rings (SSSR count). The van der Waals surface area contributed by atoms with Crippen molar-refractivity contribution in [3.05, 3.63) is 59.3 Å². The number of nitrogens with one attached hydrogen (secondary N) is 1. The Hall–Kier alpha value is -3.00. The van der Waals surface area contributed by atoms with E-state index in [9.17, 15) is 24.4 Å². The van der Waals surface area contributed by atoms with Gasteiger partial charge in [0.05, 0.1) is 24.6 Å². The average molecular weight is 594 g/mol. The molecule has 0 aliphatic carbocycles. The number of nitrogen functional groups attached to an aromatic ring is 1. The van der Waals surface area contributed by atoms with E-state index in [0.717, 1.165) is 28.0 Å². The molecule has 13 nitrogen and oxygen atoms in total. The van der Waals surface area contributed by atoms with Crippen LogP contribution in [-0.4, -0.2) is 67.4 Å². The molecule has 0 spiro atoms. The molecule has 0 amide bonds. The minimum absolute atomic E-state index is 0.102. The molecule has 1 fully saturated rings. The average Bonchev–Trinajstić information content (AvgIpc) is 3.19. The fourth-order valence-corrected chi connectivity index (χ4v) is 7.02. The number of carbonyl (C=O) groups is 1. The number of carbonyl (C=O) groups excluding carboxylic acids is 1. The highest BCUT2D eigenvalue weighted by Gasteiger charge is 2.45. The van der Waals surface area contributed by atoms with Crippen molar-refractivity contribution in [2.75, 3.05) is 18.9 Å². The van der Waals surface area contributed by atoms with Crippen molar-refractivity contribution < 1.29 is 33.4 Å². The molecule has 3 aromatic rings. The molecular formula is C25H32N5O8PS. The third kappa shape index (κ3) is 7.00. The molecule has 2 aromatic carbocycles. The molecule has 6 atom stereocenters. The van der Waals surface area contributed by atoms with Crippen molar-refractivity contribution in [1.82, 2.24) is 19.6 Å². The van der Waals surface area contributed by atoms with Gasteiger partial charge in [0.25, 0.3) is 0 Å². The van der Waals surface area contributed by atoms with E-state index in [4.69, 9.17) is 19.5 Å². The van der Waals surface area contributed by atoms with Crippen LogP contribution in [0.1, 0.15) is 26.1 Å². The molecular weight excluding hydrogens is 561 g/mol. The zero-order chi connectivity index (χ0) is 29.0. The number of nitrogens with two attached hydrogens (primary N) is 1. The number of aliphatic hydroxyl groups is 2. The summed E-state index contributed by atoms with van der Waals surface area (Å²) in [5, 5.41) is 23.7. The first-order valence-electron chi connectivity index (χ1n) is 12.6. The van der Waals surface area contributed by atoms with Gasteiger partial charge < -0.3 is 25.2 Å². The van der Waals surface area contributed by atoms with Crippen molar-refractivity contribution in [2.45, 2.75) is 49.6 Å². The Morgan fingerprint density at radius 2 is 1.90 bits per heavy atom. The number of benzene rings is 2. The lowest BCUT2D eigenvalue weighted by Gasteiger charge is -2.25. The number of rotatable bonds is 11. The van der Waals surface area contributed by atoms with Gasteiger partial charge in [0, 0.05) is 5.39 Å². The molecule has 2 heterocycles. The number of anilines is 1. The Bertz CT molecular complexity index is 1450. The van der Waals surface area contributed by atoms with Crippen molar-refractivity contribution in [3.63, 3.8) is 0 Å². The quantitative estimate of drug-likeness (QED) is 0.187. The first-order chi connectivity index (χ1) is 19.0. The number of hydrogen-bond donors (Lipinski definition) is 4. The predicted molar refractivity (Wildman–Crippen MR) is 150 cm³/mol. The molecule has 216 valence electrons. The van der Waals surface area contributed by atoms with Gasteiger partial charge in [-0.2, -0.15) is 10.1 Å². The van der Waals surface area contributed by atoms with E-state index >= 15 is 0 Å². The van der Waals surface area contributed by atoms with Gasteiger partial charge >= 0.3 is 19.4 Å². The Labute approximate surface area is 234 Å². The van der Waals surface area contributed by atoms with Gasteiger partial charge in [0.1, 0.15) is 29.6 Å². The van der Waals surface area contributed by atoms with Crippen molar-refractivity contribution in [1.29, 1.82) is 0 Å². The Balaban J connectivity index is 1.55. The molecule has 40 heavy (non-hydrogen) atoms. The fraction of sp³-hybridized carbons (Fsp3) is 0.440. The number of hydrogen-bond acceptors (Lipinski definition) is 12. The maximum Gasteiger partial charge on any atom is 0.459 e. The summed E-state index contributed by atoms with van der Waals surface area (Å²) in [6.45, 7) is 5.06. The lowest BCUT2D eigenvalue weighted by Crippen LogP contribution is -2.38. The molecule has 1 aliphatic heterocycles. The number of aliphatic hydroxyl groups excluding tert-OH is 2. The van der Waals surface area contributed by atoms with E-state index < -0.39 is 48.3 Å². The Kier molecular flexibility index (Phi) is 9.49. The molecule has 0 bridgehead atoms. The molecule has 5 N–H and O–H groups in total. The lowest BCUT2D eigenvalue weighted by molar-refractivity contribution is -0.146. The van der Waals surface area contributed by atoms with Crippen molar-refractivity contribution >= 4 is 42.2 Å². The summed E-state index contributed by atoms with van der Waals surface area (Å²) in [5.41, 5.74) is 4.69. The predicted octanol–water partition coefficient (Wildman–Crippen LogP) is 2.09. The van der Waals surface area contributed by atoms with E-state index in [1.807, 2.05) is 32.0 Å². The van der Waals surface area contributed by atoms with Crippen LogP contribution in [0.5, 0.6) is 5.75 Å². The number of ether oxygens (including phenoxy) is 1. The van der Waals surface area contributed by atoms with Crippen LogP contribution in [0.3, 0.4) is 0 Å². The number of esters is 1. The summed E-state index contributed by atoms with van der Waals surface area (Å²) >= 11 is 1.01. The fourth-order valence-electron chi connectivity index (χ4n) is 3.96. The van der Waals surface area contributed by atoms with Crippen LogP contribution in [0.25, 0.3) is 10.8 Å². The largest absolute Gasteiger partial charge is 0.464 e. The smallest absolute Gasteiger partial charge is 0.459 e. The van der Waals surface area contributed by atoms with Crippen LogP contribution in [0.15, 0.2) is 53.6 Å². The van der Waals surface area contributed by atoms with E-state index in [0.29, 0.717) is 5.39 Å². The molecule has 15 heteroatoms. The number of fused-ring (bicyclic) bond motifs is 1. The third-order valence-corrected chi connectivity index (χ3v) is 9.18. The van der Waals surface area contributed by atoms with Gasteiger partial charge in [0.2, 0.25) is 5.95 Å². The molecule has 1 aliphatic rings. The molecule has 0 radical (unpaired) electrons. The maximum atomic E-state index is 14.1. The summed E-state index contributed by atoms with van der Waals surface area (Å²) in [6.07, 6.45) is -1.62. The van der Waals surface area contributed by atoms with Crippen LogP contribution in [0.2, 0.25) is 0 Å². The summed E-state index contributed by atoms with van der Waals surface area (Å²) in [7, 11) is -4.28. The van der Waals surface area contributed by atoms with Crippen molar-refractivity contribution in [3.8, 4) is 5.75 Å². The number of thioether (sulfide) groups is 1. The number of aromatic nitrogens is 3. The van der Waals surface area contributed by atoms with Gasteiger partial charge in [-0.05, 0) is 24.3 Å². The summed E-state index contributed by atoms with van der Waals surface area (Å²) in [6, 6.07) is 11.5. The maximum absolute atomic E-state index is 14.1. The first kappa shape index (κ1) is 30.0. The Morgan fingerprint density at radius 1 is 1.18 bits per heavy atom. The second-order valence-corrected chi connectivity index (χ2v) is 12.7. The van der Waals surface area contributed by atoms with Crippen LogP contribution in [-0.2, 0) is 18.6 Å². The Morgan fingerprint density at radius 3 is 2.62 bits per heavy atom. The number of nitrogens with zero attached hydrogens (tertiary/aromatic N) is 3. The van der Waals surface area contributed by atoms with Crippen molar-refractivity contribution in [2.24, 2.45) is 5.92 Å². The van der Waals surface area contributed by atoms with Gasteiger partial charge in [-0.3, -0.25) is 13.9 Å². The van der Waals surface area contributed by atoms with Gasteiger partial charge in [-0.25, -0.2) is 14.3 Å². The minimum atomic E-state index is -4.28. The van der Waals surface area contributed by atoms with Gasteiger partial charge in [-0.15, -0.1) is 11.8 Å². The van der Waals surface area contributed by atoms with Gasteiger partial charge in [-0.1, -0.05) is 50.2 Å². The first-order valence-corrected chi connectivity index (χ1v) is 15.0. The van der Waals surface area contributed by atoms with Crippen LogP contribution < -0.4 is 21.0 Å². The highest BCUT2D eigenvalue weighted by molar-refractivity contribution is 8.00. The van der Waals surface area contributed by atoms with Crippen LogP contribution in [0, 0.1) is 5.92 Å². The highest BCUT2D eigenvalue weighted by atomic mass is 32.2. The van der Waals surface area contributed by atoms with E-state index in [1.165, 1.54) is 6.92 Å².